The molecule has 5 rings (SSSR count). The van der Waals surface area contributed by atoms with E-state index in [1.54, 1.807) is 69.3 Å². The first-order valence-electron chi connectivity index (χ1n) is 14.3. The number of carbonyl (C=O) groups excluding carboxylic acids is 2. The van der Waals surface area contributed by atoms with Gasteiger partial charge in [-0.2, -0.15) is 0 Å². The molecule has 0 radical (unpaired) electrons. The molecule has 0 bridgehead atoms. The van der Waals surface area contributed by atoms with Gasteiger partial charge in [0.1, 0.15) is 11.5 Å². The third-order valence-electron chi connectivity index (χ3n) is 6.95. The number of methoxy groups -OCH3 is 1. The maximum atomic E-state index is 14.1. The topological polar surface area (TPSA) is 119 Å². The second-order valence-electron chi connectivity index (χ2n) is 9.76. The van der Waals surface area contributed by atoms with E-state index in [2.05, 4.69) is 20.9 Å². The summed E-state index contributed by atoms with van der Waals surface area (Å²) in [7, 11) is 1.53. The van der Waals surface area contributed by atoms with Crippen LogP contribution in [0.25, 0.3) is 17.4 Å². The molecule has 0 N–H and O–H groups in total. The zero-order valence-electron chi connectivity index (χ0n) is 25.3. The second kappa shape index (κ2) is 13.7. The van der Waals surface area contributed by atoms with Gasteiger partial charge in [0.15, 0.2) is 16.3 Å². The average Bonchev–Trinajstić information content (AvgIpc) is 3.61. The van der Waals surface area contributed by atoms with Crippen molar-refractivity contribution in [2.24, 2.45) is 4.99 Å². The fourth-order valence-electron chi connectivity index (χ4n) is 5.00. The number of allylic oxidation sites excluding steroid dienone is 1. The van der Waals surface area contributed by atoms with Gasteiger partial charge in [-0.1, -0.05) is 39.4 Å². The van der Waals surface area contributed by atoms with Crippen LogP contribution >= 0.6 is 27.3 Å². The molecule has 2 aromatic heterocycles. The van der Waals surface area contributed by atoms with Gasteiger partial charge in [0.25, 0.3) is 5.56 Å². The van der Waals surface area contributed by atoms with Crippen LogP contribution in [0, 0.1) is 0 Å². The van der Waals surface area contributed by atoms with Crippen LogP contribution in [-0.4, -0.2) is 43.4 Å². The predicted octanol–water partition coefficient (Wildman–Crippen LogP) is 5.40. The minimum atomic E-state index is -0.862. The zero-order valence-corrected chi connectivity index (χ0v) is 27.7. The summed E-state index contributed by atoms with van der Waals surface area (Å²) in [4.78, 5) is 44.6. The van der Waals surface area contributed by atoms with Gasteiger partial charge in [0.2, 0.25) is 0 Å². The van der Waals surface area contributed by atoms with Crippen LogP contribution in [0.3, 0.4) is 0 Å². The third-order valence-corrected chi connectivity index (χ3v) is 8.62. The van der Waals surface area contributed by atoms with Crippen molar-refractivity contribution in [1.29, 1.82) is 0 Å². The highest BCUT2D eigenvalue weighted by Gasteiger charge is 2.35. The number of rotatable bonds is 10. The summed E-state index contributed by atoms with van der Waals surface area (Å²) >= 11 is 4.81. The third kappa shape index (κ3) is 6.38. The number of fused-ring (bicyclic) bond motifs is 1. The van der Waals surface area contributed by atoms with E-state index in [-0.39, 0.29) is 24.3 Å². The molecule has 2 aromatic carbocycles. The standard InChI is InChI=1S/C33H31BrN2O8S/c1-6-41-26-17-23(34)22(16-25(26)40-5)29-28(32(39)43-8-3)18(4)35-33-36(29)30(37)27(45-33)15-21-12-13-24(44-21)19-10-9-11-20(14-19)31(38)42-7-2/h9-17,29H,6-8H2,1-5H3/b27-15+/t29-/m0/s1. The van der Waals surface area contributed by atoms with Crippen molar-refractivity contribution in [2.75, 3.05) is 26.9 Å². The summed E-state index contributed by atoms with van der Waals surface area (Å²) in [5, 5.41) is 0. The minimum absolute atomic E-state index is 0.157. The number of nitrogens with zero attached hydrogens (tertiary/aromatic N) is 2. The summed E-state index contributed by atoms with van der Waals surface area (Å²) in [6.07, 6.45) is 1.64. The van der Waals surface area contributed by atoms with Crippen molar-refractivity contribution in [3.05, 3.63) is 101 Å². The van der Waals surface area contributed by atoms with E-state index in [4.69, 9.17) is 23.4 Å². The van der Waals surface area contributed by atoms with Crippen LogP contribution < -0.4 is 24.4 Å². The molecular formula is C33H31BrN2O8S. The number of benzene rings is 2. The summed E-state index contributed by atoms with van der Waals surface area (Å²) < 4.78 is 30.4. The van der Waals surface area contributed by atoms with Crippen LogP contribution in [0.2, 0.25) is 0 Å². The van der Waals surface area contributed by atoms with Crippen LogP contribution in [0.15, 0.2) is 78.5 Å². The molecule has 0 unspecified atom stereocenters. The lowest BCUT2D eigenvalue weighted by Crippen LogP contribution is -2.40. The summed E-state index contributed by atoms with van der Waals surface area (Å²) in [6, 6.07) is 13.1. The number of hydrogen-bond acceptors (Lipinski definition) is 10. The highest BCUT2D eigenvalue weighted by atomic mass is 79.9. The van der Waals surface area contributed by atoms with Crippen molar-refractivity contribution >= 4 is 45.3 Å². The number of thiazole rings is 1. The number of carbonyl (C=O) groups is 2. The maximum absolute atomic E-state index is 14.1. The molecule has 10 nitrogen and oxygen atoms in total. The maximum Gasteiger partial charge on any atom is 0.338 e. The Morgan fingerprint density at radius 3 is 2.49 bits per heavy atom. The number of furan rings is 1. The van der Waals surface area contributed by atoms with Crippen molar-refractivity contribution in [3.8, 4) is 22.8 Å². The van der Waals surface area contributed by atoms with Crippen molar-refractivity contribution < 1.29 is 33.0 Å². The Morgan fingerprint density at radius 2 is 1.78 bits per heavy atom. The van der Waals surface area contributed by atoms with Crippen LogP contribution in [-0.2, 0) is 14.3 Å². The van der Waals surface area contributed by atoms with Crippen LogP contribution in [0.5, 0.6) is 11.5 Å². The van der Waals surface area contributed by atoms with Gasteiger partial charge in [-0.15, -0.1) is 0 Å². The Kier molecular flexibility index (Phi) is 9.74. The molecule has 1 atom stereocenters. The quantitative estimate of drug-likeness (QED) is 0.203. The fourth-order valence-corrected chi connectivity index (χ4v) is 6.57. The molecule has 0 fully saturated rings. The summed E-state index contributed by atoms with van der Waals surface area (Å²) in [5.74, 6) is 0.921. The van der Waals surface area contributed by atoms with Crippen LogP contribution in [0.4, 0.5) is 0 Å². The van der Waals surface area contributed by atoms with Gasteiger partial charge in [-0.3, -0.25) is 9.36 Å². The molecule has 0 saturated carbocycles. The van der Waals surface area contributed by atoms with Gasteiger partial charge >= 0.3 is 11.9 Å². The van der Waals surface area contributed by atoms with E-state index >= 15 is 0 Å². The zero-order chi connectivity index (χ0) is 32.2. The first-order valence-corrected chi connectivity index (χ1v) is 15.9. The molecule has 0 saturated heterocycles. The molecule has 1 aliphatic rings. The highest BCUT2D eigenvalue weighted by molar-refractivity contribution is 9.10. The van der Waals surface area contributed by atoms with Crippen molar-refractivity contribution in [2.45, 2.75) is 33.7 Å². The highest BCUT2D eigenvalue weighted by Crippen LogP contribution is 2.41. The second-order valence-corrected chi connectivity index (χ2v) is 11.6. The molecule has 0 spiro atoms. The Labute approximate surface area is 271 Å². The van der Waals surface area contributed by atoms with E-state index < -0.39 is 18.0 Å². The van der Waals surface area contributed by atoms with E-state index in [1.807, 2.05) is 13.0 Å². The lowest BCUT2D eigenvalue weighted by atomic mass is 9.95. The fraction of sp³-hybridized carbons (Fsp3) is 0.273. The van der Waals surface area contributed by atoms with E-state index in [0.29, 0.717) is 65.8 Å². The van der Waals surface area contributed by atoms with E-state index in [0.717, 1.165) is 0 Å². The van der Waals surface area contributed by atoms with E-state index in [9.17, 15) is 14.4 Å². The summed E-state index contributed by atoms with van der Waals surface area (Å²) in [5.41, 5.74) is 2.01. The van der Waals surface area contributed by atoms with Crippen molar-refractivity contribution in [3.63, 3.8) is 0 Å². The number of esters is 2. The molecular weight excluding hydrogens is 664 g/mol. The smallest absolute Gasteiger partial charge is 0.338 e. The molecule has 1 aliphatic heterocycles. The Hall–Kier alpha value is -4.42. The lowest BCUT2D eigenvalue weighted by molar-refractivity contribution is -0.139. The molecule has 3 heterocycles. The molecule has 234 valence electrons. The van der Waals surface area contributed by atoms with Gasteiger partial charge < -0.3 is 23.4 Å². The molecule has 0 aliphatic carbocycles. The SMILES string of the molecule is CCOC(=O)C1=C(C)N=c2s/c(=C/c3ccc(-c4cccc(C(=O)OCC)c4)o3)c(=O)n2[C@H]1c1cc(OC)c(OCC)cc1Br. The number of halogens is 1. The Bertz CT molecular complexity index is 1990. The van der Waals surface area contributed by atoms with Crippen LogP contribution in [0.1, 0.15) is 55.4 Å². The van der Waals surface area contributed by atoms with Gasteiger partial charge in [-0.25, -0.2) is 14.6 Å². The van der Waals surface area contributed by atoms with Gasteiger partial charge in [0.05, 0.1) is 54.3 Å². The Morgan fingerprint density at radius 1 is 1.02 bits per heavy atom. The lowest BCUT2D eigenvalue weighted by Gasteiger charge is -2.26. The first kappa shape index (κ1) is 32.0. The number of aromatic nitrogens is 1. The van der Waals surface area contributed by atoms with E-state index in [1.165, 1.54) is 23.0 Å². The summed E-state index contributed by atoms with van der Waals surface area (Å²) in [6.45, 7) is 7.92. The largest absolute Gasteiger partial charge is 0.493 e. The normalized spacial score (nSPS) is 14.5. The molecule has 4 aromatic rings. The van der Waals surface area contributed by atoms with Gasteiger partial charge in [0, 0.05) is 16.1 Å². The number of hydrogen-bond donors (Lipinski definition) is 0. The number of ether oxygens (including phenoxy) is 4. The molecule has 0 amide bonds. The minimum Gasteiger partial charge on any atom is -0.493 e. The Balaban J connectivity index is 1.62. The average molecular weight is 696 g/mol. The molecule has 12 heteroatoms. The van der Waals surface area contributed by atoms with Gasteiger partial charge in [-0.05, 0) is 69.7 Å². The predicted molar refractivity (Wildman–Crippen MR) is 172 cm³/mol. The first-order chi connectivity index (χ1) is 21.7. The monoisotopic (exact) mass is 694 g/mol. The van der Waals surface area contributed by atoms with Crippen molar-refractivity contribution in [1.82, 2.24) is 4.57 Å². The molecule has 45 heavy (non-hydrogen) atoms.